The second kappa shape index (κ2) is 1.87. The van der Waals surface area contributed by atoms with Crippen molar-refractivity contribution in [2.45, 2.75) is 0 Å². The van der Waals surface area contributed by atoms with Gasteiger partial charge in [0.2, 0.25) is 6.75 Å². The molecule has 1 aliphatic heterocycles. The van der Waals surface area contributed by atoms with Gasteiger partial charge in [0, 0.05) is 6.07 Å². The number of ether oxygens (including phenoxy) is 2. The lowest BCUT2D eigenvalue weighted by molar-refractivity contribution is 0.174. The molecule has 2 rings (SSSR count). The molecule has 10 heavy (non-hydrogen) atoms. The first-order chi connectivity index (χ1) is 5.57. The summed E-state index contributed by atoms with van der Waals surface area (Å²) in [5, 5.41) is 0. The van der Waals surface area contributed by atoms with E-state index in [2.05, 4.69) is 4.74 Å². The lowest BCUT2D eigenvalue weighted by atomic mass is 10.3. The SMILES string of the molecule is [2H]C1([2H])Oc2ccc(F)cc2O1. The van der Waals surface area contributed by atoms with Crippen molar-refractivity contribution in [1.29, 1.82) is 0 Å². The molecule has 2 nitrogen and oxygen atoms in total. The normalized spacial score (nSPS) is 21.7. The molecule has 0 bridgehead atoms. The van der Waals surface area contributed by atoms with Gasteiger partial charge in [0.15, 0.2) is 11.5 Å². The summed E-state index contributed by atoms with van der Waals surface area (Å²) in [5.74, 6) is -0.156. The van der Waals surface area contributed by atoms with Crippen LogP contribution in [0.5, 0.6) is 11.5 Å². The second-order valence-corrected chi connectivity index (χ2v) is 1.88. The zero-order valence-electron chi connectivity index (χ0n) is 6.93. The van der Waals surface area contributed by atoms with Crippen LogP contribution in [-0.2, 0) is 0 Å². The maximum atomic E-state index is 12.6. The number of rotatable bonds is 0. The van der Waals surface area contributed by atoms with Crippen molar-refractivity contribution in [3.63, 3.8) is 0 Å². The molecule has 0 atom stereocenters. The lowest BCUT2D eigenvalue weighted by Crippen LogP contribution is -1.92. The topological polar surface area (TPSA) is 18.5 Å². The molecule has 0 radical (unpaired) electrons. The van der Waals surface area contributed by atoms with Crippen LogP contribution < -0.4 is 9.47 Å². The molecular formula is C7H5FO2. The summed E-state index contributed by atoms with van der Waals surface area (Å²) >= 11 is 0. The Morgan fingerprint density at radius 1 is 1.40 bits per heavy atom. The van der Waals surface area contributed by atoms with Crippen LogP contribution in [0.3, 0.4) is 0 Å². The minimum Gasteiger partial charge on any atom is -0.454 e. The van der Waals surface area contributed by atoms with Gasteiger partial charge in [-0.05, 0) is 12.1 Å². The summed E-state index contributed by atoms with van der Waals surface area (Å²) in [6, 6.07) is 3.60. The Morgan fingerprint density at radius 2 is 2.20 bits per heavy atom. The Kier molecular flexibility index (Phi) is 0.711. The first kappa shape index (κ1) is 3.81. The maximum absolute atomic E-state index is 12.6. The van der Waals surface area contributed by atoms with Crippen molar-refractivity contribution in [2.75, 3.05) is 6.75 Å². The van der Waals surface area contributed by atoms with Crippen LogP contribution in [-0.4, -0.2) is 6.75 Å². The number of benzene rings is 1. The first-order valence-electron chi connectivity index (χ1n) is 3.74. The van der Waals surface area contributed by atoms with Crippen LogP contribution >= 0.6 is 0 Å². The van der Waals surface area contributed by atoms with Crippen molar-refractivity contribution in [1.82, 2.24) is 0 Å². The number of hydrogen-bond donors (Lipinski definition) is 0. The Balaban J connectivity index is 2.43. The standard InChI is InChI=1S/C7H5FO2/c8-5-1-2-6-7(3-5)10-4-9-6/h1-3H,4H2/i4D2. The van der Waals surface area contributed by atoms with E-state index in [1.54, 1.807) is 0 Å². The van der Waals surface area contributed by atoms with Crippen molar-refractivity contribution >= 4 is 0 Å². The van der Waals surface area contributed by atoms with Crippen LogP contribution in [0.4, 0.5) is 4.39 Å². The van der Waals surface area contributed by atoms with Gasteiger partial charge in [-0.1, -0.05) is 0 Å². The van der Waals surface area contributed by atoms with Crippen LogP contribution in [0.1, 0.15) is 2.74 Å². The van der Waals surface area contributed by atoms with Crippen molar-refractivity contribution in [3.8, 4) is 11.5 Å². The molecule has 0 amide bonds. The monoisotopic (exact) mass is 142 g/mol. The van der Waals surface area contributed by atoms with Crippen molar-refractivity contribution in [3.05, 3.63) is 24.0 Å². The highest BCUT2D eigenvalue weighted by atomic mass is 19.1. The Labute approximate surface area is 60.0 Å². The summed E-state index contributed by atoms with van der Waals surface area (Å²) in [6.07, 6.45) is 0. The molecule has 0 saturated heterocycles. The first-order valence-corrected chi connectivity index (χ1v) is 2.74. The van der Waals surface area contributed by atoms with E-state index in [4.69, 9.17) is 7.48 Å². The Bertz CT molecular complexity index is 327. The molecule has 1 aromatic rings. The van der Waals surface area contributed by atoms with Gasteiger partial charge >= 0.3 is 0 Å². The number of hydrogen-bond acceptors (Lipinski definition) is 2. The quantitative estimate of drug-likeness (QED) is 0.547. The van der Waals surface area contributed by atoms with Gasteiger partial charge in [0.1, 0.15) is 8.56 Å². The van der Waals surface area contributed by atoms with Gasteiger partial charge in [-0.2, -0.15) is 0 Å². The van der Waals surface area contributed by atoms with Crippen LogP contribution in [0, 0.1) is 5.82 Å². The largest absolute Gasteiger partial charge is 0.454 e. The van der Waals surface area contributed by atoms with E-state index < -0.39 is 12.6 Å². The third-order valence-electron chi connectivity index (χ3n) is 1.21. The average molecular weight is 142 g/mol. The predicted molar refractivity (Wildman–Crippen MR) is 32.5 cm³/mol. The van der Waals surface area contributed by atoms with E-state index in [1.807, 2.05) is 0 Å². The van der Waals surface area contributed by atoms with Crippen LogP contribution in [0.25, 0.3) is 0 Å². The molecule has 0 aromatic heterocycles. The summed E-state index contributed by atoms with van der Waals surface area (Å²) in [5.41, 5.74) is 0. The number of fused-ring (bicyclic) bond motifs is 1. The highest BCUT2D eigenvalue weighted by Gasteiger charge is 2.12. The molecule has 1 heterocycles. The van der Waals surface area contributed by atoms with Gasteiger partial charge in [-0.15, -0.1) is 0 Å². The van der Waals surface area contributed by atoms with E-state index in [1.165, 1.54) is 12.1 Å². The summed E-state index contributed by atoms with van der Waals surface area (Å²) in [4.78, 5) is 0. The average Bonchev–Trinajstić information content (AvgIpc) is 2.21. The van der Waals surface area contributed by atoms with Crippen LogP contribution in [0.15, 0.2) is 18.2 Å². The molecule has 0 fully saturated rings. The smallest absolute Gasteiger partial charge is 0.231 e. The van der Waals surface area contributed by atoms with E-state index >= 15 is 0 Å². The van der Waals surface area contributed by atoms with Crippen molar-refractivity contribution < 1.29 is 16.6 Å². The van der Waals surface area contributed by atoms with Crippen molar-refractivity contribution in [2.24, 2.45) is 0 Å². The molecule has 0 aliphatic carbocycles. The fraction of sp³-hybridized carbons (Fsp3) is 0.143. The summed E-state index contributed by atoms with van der Waals surface area (Å²) in [6.45, 7) is -2.17. The zero-order chi connectivity index (χ0) is 8.77. The molecule has 1 aliphatic rings. The molecule has 0 unspecified atom stereocenters. The van der Waals surface area contributed by atoms with Crippen LogP contribution in [0.2, 0.25) is 0 Å². The molecule has 0 saturated carbocycles. The van der Waals surface area contributed by atoms with Gasteiger partial charge in [0.05, 0.1) is 0 Å². The molecule has 1 aromatic carbocycles. The van der Waals surface area contributed by atoms with E-state index in [0.29, 0.717) is 0 Å². The fourth-order valence-electron chi connectivity index (χ4n) is 0.757. The highest BCUT2D eigenvalue weighted by Crippen LogP contribution is 2.31. The maximum Gasteiger partial charge on any atom is 0.231 e. The highest BCUT2D eigenvalue weighted by molar-refractivity contribution is 5.41. The third kappa shape index (κ3) is 0.708. The Morgan fingerprint density at radius 3 is 3.10 bits per heavy atom. The van der Waals surface area contributed by atoms with Gasteiger partial charge in [-0.3, -0.25) is 0 Å². The lowest BCUT2D eigenvalue weighted by Gasteiger charge is -1.92. The number of halogens is 1. The van der Waals surface area contributed by atoms with Gasteiger partial charge < -0.3 is 9.47 Å². The zero-order valence-corrected chi connectivity index (χ0v) is 4.93. The van der Waals surface area contributed by atoms with E-state index in [9.17, 15) is 4.39 Å². The molecule has 52 valence electrons. The Hall–Kier alpha value is -1.25. The van der Waals surface area contributed by atoms with Gasteiger partial charge in [0.25, 0.3) is 0 Å². The van der Waals surface area contributed by atoms with Gasteiger partial charge in [-0.25, -0.2) is 4.39 Å². The fourth-order valence-corrected chi connectivity index (χ4v) is 0.757. The summed E-state index contributed by atoms with van der Waals surface area (Å²) < 4.78 is 36.0. The third-order valence-corrected chi connectivity index (χ3v) is 1.21. The molecular weight excluding hydrogens is 135 g/mol. The molecule has 0 N–H and O–H groups in total. The van der Waals surface area contributed by atoms with E-state index in [0.717, 1.165) is 6.07 Å². The summed E-state index contributed by atoms with van der Waals surface area (Å²) in [7, 11) is 0. The minimum atomic E-state index is -2.17. The second-order valence-electron chi connectivity index (χ2n) is 1.88. The van der Waals surface area contributed by atoms with E-state index in [-0.39, 0.29) is 11.5 Å². The molecule has 0 spiro atoms. The predicted octanol–water partition coefficient (Wildman–Crippen LogP) is 1.55. The minimum absolute atomic E-state index is 0.0972. The molecule has 3 heteroatoms.